The van der Waals surface area contributed by atoms with Gasteiger partial charge in [0.15, 0.2) is 5.16 Å². The van der Waals surface area contributed by atoms with Crippen molar-refractivity contribution >= 4 is 35.0 Å². The molecule has 142 valence electrons. The molecule has 1 N–H and O–H groups in total. The van der Waals surface area contributed by atoms with Crippen molar-refractivity contribution in [2.45, 2.75) is 11.7 Å². The van der Waals surface area contributed by atoms with Crippen LogP contribution in [-0.2, 0) is 11.3 Å². The summed E-state index contributed by atoms with van der Waals surface area (Å²) in [7, 11) is 3.01. The van der Waals surface area contributed by atoms with Crippen LogP contribution in [0.1, 0.15) is 5.76 Å². The fourth-order valence-corrected chi connectivity index (χ4v) is 3.26. The van der Waals surface area contributed by atoms with Crippen LogP contribution in [0.2, 0.25) is 5.02 Å². The Hall–Kier alpha value is -2.65. The van der Waals surface area contributed by atoms with Crippen LogP contribution >= 0.6 is 23.4 Å². The Kier molecular flexibility index (Phi) is 6.25. The number of nitrogens with one attached hydrogen (secondary N) is 1. The summed E-state index contributed by atoms with van der Waals surface area (Å²) in [4.78, 5) is 12.3. The monoisotopic (exact) mass is 408 g/mol. The number of aromatic nitrogens is 3. The molecule has 2 heterocycles. The van der Waals surface area contributed by atoms with E-state index in [1.165, 1.54) is 26.0 Å². The van der Waals surface area contributed by atoms with Crippen molar-refractivity contribution < 1.29 is 18.7 Å². The number of carbonyl (C=O) groups excluding carboxylic acids is 1. The number of ether oxygens (including phenoxy) is 2. The Morgan fingerprint density at radius 2 is 2.15 bits per heavy atom. The van der Waals surface area contributed by atoms with Crippen LogP contribution in [0.25, 0.3) is 0 Å². The molecular formula is C17H17ClN4O4S. The van der Waals surface area contributed by atoms with Gasteiger partial charge in [0, 0.05) is 6.07 Å². The molecule has 10 heteroatoms. The first-order valence-corrected chi connectivity index (χ1v) is 9.21. The lowest BCUT2D eigenvalue weighted by Gasteiger charge is -2.13. The number of benzene rings is 1. The molecular weight excluding hydrogens is 392 g/mol. The number of furan rings is 1. The summed E-state index contributed by atoms with van der Waals surface area (Å²) in [5.74, 6) is 1.61. The van der Waals surface area contributed by atoms with Crippen molar-refractivity contribution in [2.75, 3.05) is 25.3 Å². The first kappa shape index (κ1) is 19.1. The smallest absolute Gasteiger partial charge is 0.234 e. The lowest BCUT2D eigenvalue weighted by Crippen LogP contribution is -2.15. The lowest BCUT2D eigenvalue weighted by atomic mass is 10.2. The number of methoxy groups -OCH3 is 2. The van der Waals surface area contributed by atoms with E-state index in [1.807, 2.05) is 16.7 Å². The number of nitrogens with zero attached hydrogens (tertiary/aromatic N) is 3. The molecule has 0 aliphatic heterocycles. The average Bonchev–Trinajstić information content (AvgIpc) is 3.33. The molecule has 0 unspecified atom stereocenters. The maximum Gasteiger partial charge on any atom is 0.234 e. The van der Waals surface area contributed by atoms with Gasteiger partial charge < -0.3 is 23.8 Å². The Balaban J connectivity index is 1.62. The minimum Gasteiger partial charge on any atom is -0.495 e. The van der Waals surface area contributed by atoms with Crippen molar-refractivity contribution in [3.8, 4) is 11.5 Å². The number of carbonyl (C=O) groups is 1. The highest BCUT2D eigenvalue weighted by molar-refractivity contribution is 7.99. The molecule has 1 amide bonds. The number of hydrogen-bond donors (Lipinski definition) is 1. The summed E-state index contributed by atoms with van der Waals surface area (Å²) in [5.41, 5.74) is 0.464. The first-order valence-electron chi connectivity index (χ1n) is 7.85. The van der Waals surface area contributed by atoms with Gasteiger partial charge in [-0.05, 0) is 18.2 Å². The summed E-state index contributed by atoms with van der Waals surface area (Å²) in [6, 6.07) is 6.88. The third-order valence-electron chi connectivity index (χ3n) is 3.57. The van der Waals surface area contributed by atoms with Gasteiger partial charge in [-0.25, -0.2) is 0 Å². The quantitative estimate of drug-likeness (QED) is 0.571. The highest BCUT2D eigenvalue weighted by Crippen LogP contribution is 2.36. The maximum absolute atomic E-state index is 12.3. The second kappa shape index (κ2) is 8.83. The highest BCUT2D eigenvalue weighted by Gasteiger charge is 2.14. The summed E-state index contributed by atoms with van der Waals surface area (Å²) >= 11 is 7.39. The number of rotatable bonds is 8. The minimum absolute atomic E-state index is 0.143. The lowest BCUT2D eigenvalue weighted by molar-refractivity contribution is -0.113. The van der Waals surface area contributed by atoms with Crippen LogP contribution in [0.15, 0.2) is 46.4 Å². The number of amides is 1. The fraction of sp³-hybridized carbons (Fsp3) is 0.235. The predicted molar refractivity (Wildman–Crippen MR) is 102 cm³/mol. The van der Waals surface area contributed by atoms with E-state index in [0.29, 0.717) is 33.9 Å². The van der Waals surface area contributed by atoms with Crippen molar-refractivity contribution in [3.05, 3.63) is 47.6 Å². The van der Waals surface area contributed by atoms with Crippen LogP contribution in [0.3, 0.4) is 0 Å². The van der Waals surface area contributed by atoms with Gasteiger partial charge in [-0.3, -0.25) is 4.79 Å². The van der Waals surface area contributed by atoms with Gasteiger partial charge in [0.1, 0.15) is 23.6 Å². The molecule has 1 aromatic carbocycles. The van der Waals surface area contributed by atoms with Gasteiger partial charge in [0.2, 0.25) is 5.91 Å². The summed E-state index contributed by atoms with van der Waals surface area (Å²) < 4.78 is 17.5. The van der Waals surface area contributed by atoms with Gasteiger partial charge in [-0.15, -0.1) is 10.2 Å². The largest absolute Gasteiger partial charge is 0.495 e. The summed E-state index contributed by atoms with van der Waals surface area (Å²) in [6.07, 6.45) is 3.20. The van der Waals surface area contributed by atoms with E-state index in [2.05, 4.69) is 15.5 Å². The maximum atomic E-state index is 12.3. The molecule has 0 aliphatic carbocycles. The Labute approximate surface area is 164 Å². The molecule has 0 saturated carbocycles. The molecule has 0 atom stereocenters. The normalized spacial score (nSPS) is 10.6. The van der Waals surface area contributed by atoms with E-state index >= 15 is 0 Å². The predicted octanol–water partition coefficient (Wildman–Crippen LogP) is 3.32. The van der Waals surface area contributed by atoms with Crippen LogP contribution in [0.5, 0.6) is 11.5 Å². The molecule has 0 saturated heterocycles. The zero-order chi connectivity index (χ0) is 19.2. The molecule has 3 aromatic rings. The first-order chi connectivity index (χ1) is 13.1. The Morgan fingerprint density at radius 3 is 2.85 bits per heavy atom. The molecule has 0 radical (unpaired) electrons. The molecule has 8 nitrogen and oxygen atoms in total. The fourth-order valence-electron chi connectivity index (χ4n) is 2.31. The molecule has 3 rings (SSSR count). The second-order valence-electron chi connectivity index (χ2n) is 5.34. The third kappa shape index (κ3) is 4.75. The van der Waals surface area contributed by atoms with Crippen molar-refractivity contribution in [3.63, 3.8) is 0 Å². The van der Waals surface area contributed by atoms with E-state index in [1.54, 1.807) is 24.7 Å². The third-order valence-corrected chi connectivity index (χ3v) is 4.84. The van der Waals surface area contributed by atoms with Gasteiger partial charge in [0.25, 0.3) is 0 Å². The number of hydrogen-bond acceptors (Lipinski definition) is 7. The van der Waals surface area contributed by atoms with Crippen molar-refractivity contribution in [1.29, 1.82) is 0 Å². The minimum atomic E-state index is -0.230. The molecule has 2 aromatic heterocycles. The van der Waals surface area contributed by atoms with Gasteiger partial charge in [-0.1, -0.05) is 23.4 Å². The summed E-state index contributed by atoms with van der Waals surface area (Å²) in [5, 5.41) is 11.7. The molecule has 0 spiro atoms. The number of thioether (sulfide) groups is 1. The topological polar surface area (TPSA) is 91.4 Å². The van der Waals surface area contributed by atoms with Gasteiger partial charge >= 0.3 is 0 Å². The average molecular weight is 409 g/mol. The molecule has 0 fully saturated rings. The molecule has 0 aliphatic rings. The van der Waals surface area contributed by atoms with Crippen LogP contribution in [0.4, 0.5) is 5.69 Å². The van der Waals surface area contributed by atoms with Crippen molar-refractivity contribution in [2.24, 2.45) is 0 Å². The second-order valence-corrected chi connectivity index (χ2v) is 6.69. The van der Waals surface area contributed by atoms with Gasteiger partial charge in [0.05, 0.1) is 43.5 Å². The summed E-state index contributed by atoms with van der Waals surface area (Å²) in [6.45, 7) is 0.492. The number of anilines is 1. The van der Waals surface area contributed by atoms with E-state index in [-0.39, 0.29) is 11.7 Å². The van der Waals surface area contributed by atoms with E-state index < -0.39 is 0 Å². The van der Waals surface area contributed by atoms with Gasteiger partial charge in [-0.2, -0.15) is 0 Å². The van der Waals surface area contributed by atoms with Crippen molar-refractivity contribution in [1.82, 2.24) is 14.8 Å². The molecule has 0 bridgehead atoms. The highest BCUT2D eigenvalue weighted by atomic mass is 35.5. The van der Waals surface area contributed by atoms with E-state index in [0.717, 1.165) is 5.76 Å². The Morgan fingerprint density at radius 1 is 1.33 bits per heavy atom. The zero-order valence-electron chi connectivity index (χ0n) is 14.6. The van der Waals surface area contributed by atoms with Crippen LogP contribution < -0.4 is 14.8 Å². The van der Waals surface area contributed by atoms with Crippen LogP contribution in [-0.4, -0.2) is 40.6 Å². The standard InChI is InChI=1S/C17H17ClN4O4S/c1-24-14-7-15(25-2)13(6-12(14)18)20-16(23)9-27-17-21-19-10-22(17)8-11-4-3-5-26-11/h3-7,10H,8-9H2,1-2H3,(H,20,23). The molecule has 27 heavy (non-hydrogen) atoms. The van der Waals surface area contributed by atoms with Crippen LogP contribution in [0, 0.1) is 0 Å². The zero-order valence-corrected chi connectivity index (χ0v) is 16.2. The van der Waals surface area contributed by atoms with E-state index in [9.17, 15) is 4.79 Å². The SMILES string of the molecule is COc1cc(OC)c(NC(=O)CSc2nncn2Cc2ccco2)cc1Cl. The van der Waals surface area contributed by atoms with E-state index in [4.69, 9.17) is 25.5 Å². The number of halogens is 1. The Bertz CT molecular complexity index is 914.